The smallest absolute Gasteiger partial charge is 0.220 e. The number of hydrogen-bond donors (Lipinski definition) is 2. The number of nitrogens with one attached hydrogen (secondary N) is 2. The summed E-state index contributed by atoms with van der Waals surface area (Å²) < 4.78 is 2.32. The number of carbonyl (C=O) groups excluding carboxylic acids is 1. The van der Waals surface area contributed by atoms with Crippen molar-refractivity contribution in [2.75, 3.05) is 0 Å². The molecule has 36 heavy (non-hydrogen) atoms. The van der Waals surface area contributed by atoms with E-state index in [-0.39, 0.29) is 11.9 Å². The number of nitrogens with zero attached hydrogens (tertiary/aromatic N) is 5. The molecule has 1 atom stereocenters. The normalized spacial score (nSPS) is 15.5. The van der Waals surface area contributed by atoms with Crippen LogP contribution in [-0.4, -0.2) is 36.1 Å². The summed E-state index contributed by atoms with van der Waals surface area (Å²) in [5.74, 6) is 1.87. The number of aromatic amines is 1. The van der Waals surface area contributed by atoms with Crippen molar-refractivity contribution < 1.29 is 4.79 Å². The van der Waals surface area contributed by atoms with Crippen molar-refractivity contribution in [3.05, 3.63) is 83.7 Å². The second-order valence-electron chi connectivity index (χ2n) is 9.26. The number of rotatable bonds is 7. The highest BCUT2D eigenvalue weighted by Gasteiger charge is 2.23. The predicted octanol–water partition coefficient (Wildman–Crippen LogP) is 4.84. The third-order valence-corrected chi connectivity index (χ3v) is 6.86. The van der Waals surface area contributed by atoms with E-state index in [0.717, 1.165) is 64.9 Å². The molecule has 0 aliphatic carbocycles. The molecular formula is C28H27N7O. The third-order valence-electron chi connectivity index (χ3n) is 6.86. The van der Waals surface area contributed by atoms with E-state index in [4.69, 9.17) is 4.98 Å². The molecule has 0 saturated carbocycles. The van der Waals surface area contributed by atoms with E-state index in [1.807, 2.05) is 18.2 Å². The fourth-order valence-electron chi connectivity index (χ4n) is 5.05. The van der Waals surface area contributed by atoms with Gasteiger partial charge in [-0.1, -0.05) is 61.5 Å². The summed E-state index contributed by atoms with van der Waals surface area (Å²) in [6.45, 7) is 2.92. The van der Waals surface area contributed by atoms with Crippen molar-refractivity contribution in [3.63, 3.8) is 0 Å². The number of tetrazole rings is 1. The average Bonchev–Trinajstić information content (AvgIpc) is 3.66. The highest BCUT2D eigenvalue weighted by Crippen LogP contribution is 2.31. The summed E-state index contributed by atoms with van der Waals surface area (Å²) >= 11 is 0. The first-order valence-electron chi connectivity index (χ1n) is 12.4. The van der Waals surface area contributed by atoms with Gasteiger partial charge in [-0.05, 0) is 57.7 Å². The van der Waals surface area contributed by atoms with Gasteiger partial charge in [-0.15, -0.1) is 5.10 Å². The Hall–Kier alpha value is -4.33. The molecule has 3 aromatic carbocycles. The molecule has 1 aliphatic rings. The van der Waals surface area contributed by atoms with Crippen molar-refractivity contribution in [2.24, 2.45) is 0 Å². The van der Waals surface area contributed by atoms with Crippen LogP contribution in [0.4, 0.5) is 0 Å². The van der Waals surface area contributed by atoms with E-state index in [0.29, 0.717) is 12.2 Å². The number of amides is 1. The summed E-state index contributed by atoms with van der Waals surface area (Å²) in [4.78, 5) is 16.7. The Kier molecular flexibility index (Phi) is 5.77. The Morgan fingerprint density at radius 3 is 2.58 bits per heavy atom. The van der Waals surface area contributed by atoms with E-state index in [1.54, 1.807) is 0 Å². The lowest BCUT2D eigenvalue weighted by molar-refractivity contribution is -0.119. The van der Waals surface area contributed by atoms with Crippen LogP contribution in [0.25, 0.3) is 33.5 Å². The molecule has 8 nitrogen and oxygen atoms in total. The maximum atomic E-state index is 11.8. The van der Waals surface area contributed by atoms with Gasteiger partial charge in [0.1, 0.15) is 5.82 Å². The first-order valence-corrected chi connectivity index (χ1v) is 12.4. The van der Waals surface area contributed by atoms with Crippen LogP contribution in [0.2, 0.25) is 0 Å². The first-order chi connectivity index (χ1) is 17.7. The number of aryl methyl sites for hydroxylation is 1. The molecule has 2 N–H and O–H groups in total. The lowest BCUT2D eigenvalue weighted by Crippen LogP contribution is -2.18. The van der Waals surface area contributed by atoms with Gasteiger partial charge in [0.15, 0.2) is 5.82 Å². The minimum atomic E-state index is 0.0822. The summed E-state index contributed by atoms with van der Waals surface area (Å²) in [6.07, 6.45) is 3.38. The quantitative estimate of drug-likeness (QED) is 0.349. The number of carbonyl (C=O) groups is 1. The monoisotopic (exact) mass is 477 g/mol. The Balaban J connectivity index is 1.33. The van der Waals surface area contributed by atoms with Crippen LogP contribution in [0.3, 0.4) is 0 Å². The van der Waals surface area contributed by atoms with Gasteiger partial charge in [0, 0.05) is 24.9 Å². The molecule has 1 fully saturated rings. The molecule has 0 radical (unpaired) electrons. The van der Waals surface area contributed by atoms with E-state index >= 15 is 0 Å². The molecule has 1 saturated heterocycles. The maximum absolute atomic E-state index is 11.8. The van der Waals surface area contributed by atoms with Crippen LogP contribution in [-0.2, 0) is 17.8 Å². The fraction of sp³-hybridized carbons (Fsp3) is 0.250. The van der Waals surface area contributed by atoms with Gasteiger partial charge in [-0.2, -0.15) is 0 Å². The van der Waals surface area contributed by atoms with Crippen LogP contribution in [0.1, 0.15) is 49.2 Å². The predicted molar refractivity (Wildman–Crippen MR) is 138 cm³/mol. The molecule has 2 aromatic heterocycles. The summed E-state index contributed by atoms with van der Waals surface area (Å²) in [5, 5.41) is 17.5. The number of H-pyrrole nitrogens is 1. The van der Waals surface area contributed by atoms with Gasteiger partial charge in [-0.25, -0.2) is 10.1 Å². The maximum Gasteiger partial charge on any atom is 0.220 e. The highest BCUT2D eigenvalue weighted by molar-refractivity contribution is 5.81. The minimum absolute atomic E-state index is 0.0822. The van der Waals surface area contributed by atoms with Gasteiger partial charge < -0.3 is 9.88 Å². The van der Waals surface area contributed by atoms with Gasteiger partial charge in [0.2, 0.25) is 5.91 Å². The van der Waals surface area contributed by atoms with Crippen LogP contribution in [0, 0.1) is 0 Å². The zero-order valence-electron chi connectivity index (χ0n) is 20.1. The molecule has 1 unspecified atom stereocenters. The average molecular weight is 478 g/mol. The van der Waals surface area contributed by atoms with E-state index in [9.17, 15) is 4.79 Å². The largest absolute Gasteiger partial charge is 0.349 e. The fourth-order valence-corrected chi connectivity index (χ4v) is 5.05. The molecule has 0 spiro atoms. The first kappa shape index (κ1) is 22.2. The Morgan fingerprint density at radius 1 is 1.03 bits per heavy atom. The lowest BCUT2D eigenvalue weighted by Gasteiger charge is -2.13. The molecule has 1 aliphatic heterocycles. The van der Waals surface area contributed by atoms with Gasteiger partial charge in [0.25, 0.3) is 0 Å². The Labute approximate surface area is 208 Å². The van der Waals surface area contributed by atoms with Gasteiger partial charge >= 0.3 is 0 Å². The topological polar surface area (TPSA) is 101 Å². The van der Waals surface area contributed by atoms with Crippen molar-refractivity contribution in [2.45, 2.75) is 45.2 Å². The number of fused-ring (bicyclic) bond motifs is 1. The lowest BCUT2D eigenvalue weighted by atomic mass is 9.98. The molecule has 0 bridgehead atoms. The number of imidazole rings is 1. The zero-order valence-corrected chi connectivity index (χ0v) is 20.1. The summed E-state index contributed by atoms with van der Waals surface area (Å²) in [6, 6.07) is 23.2. The molecule has 8 heteroatoms. The van der Waals surface area contributed by atoms with Crippen molar-refractivity contribution in [1.29, 1.82) is 0 Å². The van der Waals surface area contributed by atoms with Crippen molar-refractivity contribution in [1.82, 2.24) is 35.5 Å². The highest BCUT2D eigenvalue weighted by atomic mass is 16.1. The van der Waals surface area contributed by atoms with E-state index in [1.165, 1.54) is 5.56 Å². The molecule has 5 aromatic rings. The van der Waals surface area contributed by atoms with E-state index in [2.05, 4.69) is 86.0 Å². The second-order valence-corrected chi connectivity index (χ2v) is 9.26. The van der Waals surface area contributed by atoms with Crippen molar-refractivity contribution >= 4 is 16.9 Å². The third kappa shape index (κ3) is 4.15. The molecule has 3 heterocycles. The standard InChI is InChI=1S/C28H27N7O/c1-2-5-26-29-24-13-12-20(23-14-15-27(36)30-23)16-25(24)35(26)17-18-8-10-19(11-9-18)21-6-3-4-7-22(21)28-31-33-34-32-28/h3-4,6-13,16,23H,2,5,14-15,17H2,1H3,(H,30,36)(H,31,32,33,34). The van der Waals surface area contributed by atoms with E-state index < -0.39 is 0 Å². The van der Waals surface area contributed by atoms with Crippen LogP contribution >= 0.6 is 0 Å². The molecule has 6 rings (SSSR count). The van der Waals surface area contributed by atoms with Crippen LogP contribution in [0.5, 0.6) is 0 Å². The molecule has 1 amide bonds. The Bertz CT molecular complexity index is 1520. The SMILES string of the molecule is CCCc1nc2ccc(C3CCC(=O)N3)cc2n1Cc1ccc(-c2ccccc2-c2nnn[nH]2)cc1. The zero-order chi connectivity index (χ0) is 24.5. The molecular weight excluding hydrogens is 450 g/mol. The van der Waals surface area contributed by atoms with Gasteiger partial charge in [0.05, 0.1) is 17.1 Å². The second kappa shape index (κ2) is 9.37. The van der Waals surface area contributed by atoms with Crippen LogP contribution in [0.15, 0.2) is 66.7 Å². The number of benzene rings is 3. The minimum Gasteiger partial charge on any atom is -0.349 e. The summed E-state index contributed by atoms with van der Waals surface area (Å²) in [7, 11) is 0. The summed E-state index contributed by atoms with van der Waals surface area (Å²) in [5.41, 5.74) is 7.61. The Morgan fingerprint density at radius 2 is 1.86 bits per heavy atom. The number of aromatic nitrogens is 6. The van der Waals surface area contributed by atoms with Crippen molar-refractivity contribution in [3.8, 4) is 22.5 Å². The molecule has 180 valence electrons. The number of hydrogen-bond acceptors (Lipinski definition) is 5. The van der Waals surface area contributed by atoms with Crippen LogP contribution < -0.4 is 5.32 Å². The van der Waals surface area contributed by atoms with Gasteiger partial charge in [-0.3, -0.25) is 4.79 Å².